The fraction of sp³-hybridized carbons (Fsp3) is 0.185. The number of halogens is 3. The number of benzene rings is 2. The van der Waals surface area contributed by atoms with Gasteiger partial charge in [0.1, 0.15) is 6.10 Å². The molecule has 1 aromatic heterocycles. The van der Waals surface area contributed by atoms with Gasteiger partial charge < -0.3 is 20.6 Å². The molecule has 8 nitrogen and oxygen atoms in total. The lowest BCUT2D eigenvalue weighted by Crippen LogP contribution is -2.34. The number of nitrogens with zero attached hydrogens (tertiary/aromatic N) is 3. The lowest BCUT2D eigenvalue weighted by molar-refractivity contribution is -0.137. The number of carbonyl (C=O) groups is 2. The summed E-state index contributed by atoms with van der Waals surface area (Å²) in [6.07, 6.45) is 1.79. The van der Waals surface area contributed by atoms with Gasteiger partial charge in [-0.25, -0.2) is 9.97 Å². The molecule has 0 spiro atoms. The molecule has 0 saturated carbocycles. The Bertz CT molecular complexity index is 1400. The van der Waals surface area contributed by atoms with E-state index >= 15 is 0 Å². The Kier molecular flexibility index (Phi) is 7.58. The van der Waals surface area contributed by atoms with Crippen LogP contribution in [-0.2, 0) is 22.2 Å². The molecule has 3 N–H and O–H groups in total. The van der Waals surface area contributed by atoms with E-state index in [1.54, 1.807) is 55.7 Å². The molecule has 2 heterocycles. The van der Waals surface area contributed by atoms with Crippen LogP contribution in [0.1, 0.15) is 22.3 Å². The molecule has 0 saturated heterocycles. The second-order valence-corrected chi connectivity index (χ2v) is 8.71. The first kappa shape index (κ1) is 26.6. The van der Waals surface area contributed by atoms with Crippen LogP contribution in [0.5, 0.6) is 0 Å². The molecule has 1 aliphatic heterocycles. The SMILES string of the molecule is CN(C)c1ncc(/C(=C\C=C\C(=O)Nc2cccc3c2CC(O)C(=O)N3)c2ccc(C(F)(F)F)cc2)cn1. The average molecular weight is 524 g/mol. The lowest BCUT2D eigenvalue weighted by atomic mass is 9.98. The number of fused-ring (bicyclic) bond motifs is 1. The van der Waals surface area contributed by atoms with E-state index in [9.17, 15) is 27.9 Å². The lowest BCUT2D eigenvalue weighted by Gasteiger charge is -2.23. The summed E-state index contributed by atoms with van der Waals surface area (Å²) in [6.45, 7) is 0. The van der Waals surface area contributed by atoms with Gasteiger partial charge in [0.05, 0.1) is 5.56 Å². The molecule has 196 valence electrons. The number of allylic oxidation sites excluding steroid dienone is 2. The largest absolute Gasteiger partial charge is 0.416 e. The van der Waals surface area contributed by atoms with Gasteiger partial charge in [0, 0.05) is 61.5 Å². The van der Waals surface area contributed by atoms with Gasteiger partial charge in [-0.2, -0.15) is 13.2 Å². The molecule has 38 heavy (non-hydrogen) atoms. The summed E-state index contributed by atoms with van der Waals surface area (Å²) in [5.74, 6) is -0.528. The molecule has 11 heteroatoms. The van der Waals surface area contributed by atoms with Gasteiger partial charge in [-0.1, -0.05) is 30.4 Å². The van der Waals surface area contributed by atoms with E-state index in [0.717, 1.165) is 12.1 Å². The highest BCUT2D eigenvalue weighted by molar-refractivity contribution is 6.03. The van der Waals surface area contributed by atoms with E-state index in [-0.39, 0.29) is 6.42 Å². The molecule has 3 aromatic rings. The summed E-state index contributed by atoms with van der Waals surface area (Å²) in [5.41, 5.74) is 2.30. The van der Waals surface area contributed by atoms with Crippen LogP contribution in [0.2, 0.25) is 0 Å². The number of alkyl halides is 3. The minimum atomic E-state index is -4.47. The van der Waals surface area contributed by atoms with Gasteiger partial charge in [-0.05, 0) is 35.4 Å². The minimum absolute atomic E-state index is 0.0578. The average Bonchev–Trinajstić information content (AvgIpc) is 2.87. The standard InChI is InChI=1S/C27H24F3N5O3/c1-35(2)26-31-14-17(15-32-26)19(16-9-11-18(12-10-16)27(28,29)30)5-3-8-24(37)33-21-6-4-7-22-20(21)13-23(36)25(38)34-22/h3-12,14-15,23,36H,13H2,1-2H3,(H,33,37)(H,34,38)/b8-3+,19-5-. The highest BCUT2D eigenvalue weighted by Crippen LogP contribution is 2.32. The van der Waals surface area contributed by atoms with Gasteiger partial charge in [0.25, 0.3) is 5.91 Å². The Morgan fingerprint density at radius 3 is 2.42 bits per heavy atom. The molecule has 1 unspecified atom stereocenters. The first-order valence-corrected chi connectivity index (χ1v) is 11.5. The van der Waals surface area contributed by atoms with Crippen LogP contribution in [0.15, 0.2) is 73.1 Å². The minimum Gasteiger partial charge on any atom is -0.383 e. The van der Waals surface area contributed by atoms with Crippen LogP contribution in [0, 0.1) is 0 Å². The van der Waals surface area contributed by atoms with Crippen LogP contribution in [0.25, 0.3) is 5.57 Å². The Morgan fingerprint density at radius 2 is 1.79 bits per heavy atom. The second kappa shape index (κ2) is 10.9. The number of amides is 2. The number of anilines is 3. The predicted octanol–water partition coefficient (Wildman–Crippen LogP) is 4.04. The van der Waals surface area contributed by atoms with Crippen LogP contribution in [0.3, 0.4) is 0 Å². The van der Waals surface area contributed by atoms with Crippen LogP contribution < -0.4 is 15.5 Å². The number of carbonyl (C=O) groups excluding carboxylic acids is 2. The normalized spacial score (nSPS) is 15.7. The van der Waals surface area contributed by atoms with Crippen molar-refractivity contribution < 1.29 is 27.9 Å². The Balaban J connectivity index is 1.60. The van der Waals surface area contributed by atoms with E-state index in [4.69, 9.17) is 0 Å². The molecule has 0 bridgehead atoms. The molecular formula is C27H24F3N5O3. The molecule has 4 rings (SSSR count). The number of aliphatic hydroxyl groups excluding tert-OH is 1. The van der Waals surface area contributed by atoms with Crippen molar-refractivity contribution >= 4 is 34.7 Å². The van der Waals surface area contributed by atoms with Gasteiger partial charge in [0.2, 0.25) is 11.9 Å². The summed E-state index contributed by atoms with van der Waals surface area (Å²) in [7, 11) is 3.56. The first-order valence-electron chi connectivity index (χ1n) is 11.5. The number of nitrogens with one attached hydrogen (secondary N) is 2. The molecule has 1 aliphatic rings. The van der Waals surface area contributed by atoms with Crippen molar-refractivity contribution in [2.75, 3.05) is 29.6 Å². The van der Waals surface area contributed by atoms with Crippen molar-refractivity contribution in [1.29, 1.82) is 0 Å². The zero-order valence-corrected chi connectivity index (χ0v) is 20.5. The predicted molar refractivity (Wildman–Crippen MR) is 137 cm³/mol. The number of hydrogen-bond donors (Lipinski definition) is 3. The third kappa shape index (κ3) is 6.06. The maximum Gasteiger partial charge on any atom is 0.416 e. The van der Waals surface area contributed by atoms with Crippen molar-refractivity contribution in [3.8, 4) is 0 Å². The maximum absolute atomic E-state index is 13.1. The first-order chi connectivity index (χ1) is 18.0. The van der Waals surface area contributed by atoms with Gasteiger partial charge >= 0.3 is 6.18 Å². The van der Waals surface area contributed by atoms with Gasteiger partial charge in [-0.15, -0.1) is 0 Å². The fourth-order valence-corrected chi connectivity index (χ4v) is 3.84. The fourth-order valence-electron chi connectivity index (χ4n) is 3.84. The molecule has 1 atom stereocenters. The molecule has 0 fully saturated rings. The zero-order valence-electron chi connectivity index (χ0n) is 20.5. The Morgan fingerprint density at radius 1 is 1.11 bits per heavy atom. The van der Waals surface area contributed by atoms with Crippen molar-refractivity contribution in [2.45, 2.75) is 18.7 Å². The van der Waals surface area contributed by atoms with E-state index in [1.165, 1.54) is 24.3 Å². The van der Waals surface area contributed by atoms with Crippen LogP contribution in [0.4, 0.5) is 30.5 Å². The topological polar surface area (TPSA) is 107 Å². The van der Waals surface area contributed by atoms with E-state index in [0.29, 0.717) is 39.6 Å². The highest BCUT2D eigenvalue weighted by atomic mass is 19.4. The Hall–Kier alpha value is -4.51. The molecule has 2 aromatic carbocycles. The van der Waals surface area contributed by atoms with E-state index in [1.807, 2.05) is 0 Å². The quantitative estimate of drug-likeness (QED) is 0.333. The maximum atomic E-state index is 13.1. The van der Waals surface area contributed by atoms with E-state index < -0.39 is 29.7 Å². The van der Waals surface area contributed by atoms with E-state index in [2.05, 4.69) is 20.6 Å². The summed E-state index contributed by atoms with van der Waals surface area (Å²) < 4.78 is 39.2. The van der Waals surface area contributed by atoms with Crippen molar-refractivity contribution in [1.82, 2.24) is 9.97 Å². The van der Waals surface area contributed by atoms with Crippen LogP contribution in [-0.4, -0.2) is 47.1 Å². The van der Waals surface area contributed by atoms with Gasteiger partial charge in [0.15, 0.2) is 0 Å². The monoisotopic (exact) mass is 523 g/mol. The number of aromatic nitrogens is 2. The summed E-state index contributed by atoms with van der Waals surface area (Å²) in [4.78, 5) is 34.6. The Labute approximate surface area is 216 Å². The summed E-state index contributed by atoms with van der Waals surface area (Å²) >= 11 is 0. The molecule has 0 radical (unpaired) electrons. The van der Waals surface area contributed by atoms with Crippen LogP contribution >= 0.6 is 0 Å². The smallest absolute Gasteiger partial charge is 0.383 e. The van der Waals surface area contributed by atoms with Gasteiger partial charge in [-0.3, -0.25) is 9.59 Å². The summed E-state index contributed by atoms with van der Waals surface area (Å²) in [5, 5.41) is 15.2. The third-order valence-corrected chi connectivity index (χ3v) is 5.77. The highest BCUT2D eigenvalue weighted by Gasteiger charge is 2.30. The second-order valence-electron chi connectivity index (χ2n) is 8.71. The number of aliphatic hydroxyl groups is 1. The molecular weight excluding hydrogens is 499 g/mol. The number of hydrogen-bond acceptors (Lipinski definition) is 6. The van der Waals surface area contributed by atoms with Crippen molar-refractivity contribution in [3.63, 3.8) is 0 Å². The molecule has 2 amide bonds. The third-order valence-electron chi connectivity index (χ3n) is 5.77. The number of rotatable bonds is 6. The summed E-state index contributed by atoms with van der Waals surface area (Å²) in [6, 6.07) is 9.66. The zero-order chi connectivity index (χ0) is 27.4. The van der Waals surface area contributed by atoms with Crippen molar-refractivity contribution in [3.05, 3.63) is 95.3 Å². The van der Waals surface area contributed by atoms with Crippen molar-refractivity contribution in [2.24, 2.45) is 0 Å². The molecule has 0 aliphatic carbocycles.